The number of rotatable bonds is 0. The van der Waals surface area contributed by atoms with Gasteiger partial charge in [0.25, 0.3) is 5.56 Å². The molecule has 0 N–H and O–H groups in total. The van der Waals surface area contributed by atoms with Crippen molar-refractivity contribution in [1.29, 1.82) is 0 Å². The highest BCUT2D eigenvalue weighted by atomic mass is 16.1. The molecule has 0 saturated heterocycles. The second-order valence-corrected chi connectivity index (χ2v) is 4.79. The molecule has 2 radical (unpaired) electrons. The Hall–Kier alpha value is -1.59. The molecule has 0 unspecified atom stereocenters. The van der Waals surface area contributed by atoms with Crippen molar-refractivity contribution in [3.05, 3.63) is 16.7 Å². The van der Waals surface area contributed by atoms with Crippen molar-refractivity contribution < 1.29 is 0 Å². The second-order valence-electron chi connectivity index (χ2n) is 4.79. The molecule has 0 bridgehead atoms. The van der Waals surface area contributed by atoms with E-state index in [0.717, 1.165) is 0 Å². The van der Waals surface area contributed by atoms with Crippen LogP contribution < -0.4 is 11.3 Å². The van der Waals surface area contributed by atoms with Crippen LogP contribution in [0.15, 0.2) is 11.1 Å². The molecule has 0 fully saturated rings. The normalized spacial score (nSPS) is 12.2. The van der Waals surface area contributed by atoms with Gasteiger partial charge in [0.05, 0.1) is 5.72 Å². The van der Waals surface area contributed by atoms with E-state index in [1.54, 1.807) is 16.2 Å². The van der Waals surface area contributed by atoms with Gasteiger partial charge in [-0.2, -0.15) is 0 Å². The smallest absolute Gasteiger partial charge is 0.280 e. The number of nitrogens with zero attached hydrogens (tertiary/aromatic N) is 4. The summed E-state index contributed by atoms with van der Waals surface area (Å²) in [7, 11) is 7.35. The average molecular weight is 216 g/mol. The van der Waals surface area contributed by atoms with Gasteiger partial charge in [-0.1, -0.05) is 0 Å². The van der Waals surface area contributed by atoms with Crippen LogP contribution in [0.2, 0.25) is 0 Å². The van der Waals surface area contributed by atoms with Crippen molar-refractivity contribution in [3.8, 4) is 0 Å². The molecular weight excluding hydrogens is 203 g/mol. The summed E-state index contributed by atoms with van der Waals surface area (Å²) < 4.78 is 3.14. The zero-order valence-electron chi connectivity index (χ0n) is 9.85. The Balaban J connectivity index is 2.90. The first-order valence-electron chi connectivity index (χ1n) is 5.02. The first kappa shape index (κ1) is 10.9. The summed E-state index contributed by atoms with van der Waals surface area (Å²) in [6.45, 7) is 5.84. The Morgan fingerprint density at radius 1 is 1.38 bits per heavy atom. The largest absolute Gasteiger partial charge is 0.335 e. The highest BCUT2D eigenvalue weighted by Crippen LogP contribution is 2.11. The van der Waals surface area contributed by atoms with Crippen molar-refractivity contribution >= 4 is 24.7 Å². The Morgan fingerprint density at radius 2 is 2.00 bits per heavy atom. The van der Waals surface area contributed by atoms with Gasteiger partial charge in [-0.15, -0.1) is 0 Å². The standard InChI is InChI=1S/C10H13BN4O/c1-10(2,3)15-5-12-7-6(8(15)16)14(4)9(11)13-7/h5H,1-4H3. The minimum atomic E-state index is -0.308. The van der Waals surface area contributed by atoms with Gasteiger partial charge in [0, 0.05) is 12.6 Å². The Labute approximate surface area is 94.5 Å². The topological polar surface area (TPSA) is 52.7 Å². The number of hydrogen-bond donors (Lipinski definition) is 0. The fourth-order valence-electron chi connectivity index (χ4n) is 1.59. The quantitative estimate of drug-likeness (QED) is 0.567. The molecule has 5 nitrogen and oxygen atoms in total. The van der Waals surface area contributed by atoms with Crippen molar-refractivity contribution in [2.24, 2.45) is 7.05 Å². The molecule has 0 aliphatic carbocycles. The molecule has 0 aromatic carbocycles. The van der Waals surface area contributed by atoms with Crippen LogP contribution in [0.5, 0.6) is 0 Å². The highest BCUT2D eigenvalue weighted by molar-refractivity contribution is 6.30. The molecule has 2 aromatic rings. The molecule has 2 rings (SSSR count). The Bertz CT molecular complexity index is 606. The maximum absolute atomic E-state index is 12.2. The molecule has 0 spiro atoms. The predicted molar refractivity (Wildman–Crippen MR) is 63.2 cm³/mol. The second kappa shape index (κ2) is 3.20. The fraction of sp³-hybridized carbons (Fsp3) is 0.500. The lowest BCUT2D eigenvalue weighted by Crippen LogP contribution is -2.34. The van der Waals surface area contributed by atoms with E-state index >= 15 is 0 Å². The van der Waals surface area contributed by atoms with Crippen LogP contribution in [-0.4, -0.2) is 26.9 Å². The van der Waals surface area contributed by atoms with Gasteiger partial charge in [-0.3, -0.25) is 9.36 Å². The predicted octanol–water partition coefficient (Wildman–Crippen LogP) is -0.321. The number of aromatic nitrogens is 4. The number of imidazole rings is 1. The first-order chi connectivity index (χ1) is 7.32. The highest BCUT2D eigenvalue weighted by Gasteiger charge is 2.18. The average Bonchev–Trinajstić information content (AvgIpc) is 2.41. The van der Waals surface area contributed by atoms with E-state index < -0.39 is 0 Å². The van der Waals surface area contributed by atoms with Crippen LogP contribution in [0, 0.1) is 0 Å². The fourth-order valence-corrected chi connectivity index (χ4v) is 1.59. The number of hydrogen-bond acceptors (Lipinski definition) is 3. The first-order valence-corrected chi connectivity index (χ1v) is 5.02. The van der Waals surface area contributed by atoms with Gasteiger partial charge in [0.15, 0.2) is 19.0 Å². The van der Waals surface area contributed by atoms with Crippen molar-refractivity contribution in [3.63, 3.8) is 0 Å². The third kappa shape index (κ3) is 1.45. The molecule has 2 heterocycles. The van der Waals surface area contributed by atoms with E-state index in [4.69, 9.17) is 7.85 Å². The maximum atomic E-state index is 12.2. The minimum Gasteiger partial charge on any atom is -0.335 e. The summed E-state index contributed by atoms with van der Waals surface area (Å²) in [4.78, 5) is 20.4. The Morgan fingerprint density at radius 3 is 2.56 bits per heavy atom. The van der Waals surface area contributed by atoms with Crippen LogP contribution in [0.25, 0.3) is 11.2 Å². The van der Waals surface area contributed by atoms with Crippen molar-refractivity contribution in [2.75, 3.05) is 0 Å². The number of fused-ring (bicyclic) bond motifs is 1. The molecule has 16 heavy (non-hydrogen) atoms. The van der Waals surface area contributed by atoms with Gasteiger partial charge < -0.3 is 4.57 Å². The molecule has 82 valence electrons. The maximum Gasteiger partial charge on any atom is 0.280 e. The molecule has 6 heteroatoms. The summed E-state index contributed by atoms with van der Waals surface area (Å²) in [6, 6.07) is 0. The lowest BCUT2D eigenvalue weighted by molar-refractivity contribution is 0.381. The summed E-state index contributed by atoms with van der Waals surface area (Å²) in [5.41, 5.74) is 0.702. The van der Waals surface area contributed by atoms with Gasteiger partial charge in [0.1, 0.15) is 6.33 Å². The van der Waals surface area contributed by atoms with Crippen LogP contribution in [0.3, 0.4) is 0 Å². The summed E-state index contributed by atoms with van der Waals surface area (Å²) >= 11 is 0. The van der Waals surface area contributed by atoms with Crippen LogP contribution in [-0.2, 0) is 12.6 Å². The van der Waals surface area contributed by atoms with E-state index in [0.29, 0.717) is 16.9 Å². The van der Waals surface area contributed by atoms with Crippen LogP contribution >= 0.6 is 0 Å². The SMILES string of the molecule is [B]c1nc2ncn(C(C)(C)C)c(=O)c2n1C. The van der Waals surface area contributed by atoms with Crippen molar-refractivity contribution in [2.45, 2.75) is 26.3 Å². The molecule has 0 aliphatic rings. The summed E-state index contributed by atoms with van der Waals surface area (Å²) in [5, 5.41) is 0. The zero-order chi connectivity index (χ0) is 12.1. The lowest BCUT2D eigenvalue weighted by atomic mass is 10.1. The molecular formula is C10H13BN4O. The van der Waals surface area contributed by atoms with Gasteiger partial charge in [0.2, 0.25) is 0 Å². The van der Waals surface area contributed by atoms with Gasteiger partial charge in [-0.05, 0) is 20.8 Å². The van der Waals surface area contributed by atoms with Crippen LogP contribution in [0.4, 0.5) is 0 Å². The molecule has 2 aromatic heterocycles. The number of aryl methyl sites for hydroxylation is 1. The van der Waals surface area contributed by atoms with E-state index in [1.807, 2.05) is 20.8 Å². The third-order valence-corrected chi connectivity index (χ3v) is 2.55. The molecule has 0 amide bonds. The third-order valence-electron chi connectivity index (χ3n) is 2.55. The monoisotopic (exact) mass is 216 g/mol. The van der Waals surface area contributed by atoms with E-state index in [9.17, 15) is 4.79 Å². The molecule has 0 saturated carbocycles. The van der Waals surface area contributed by atoms with Crippen LogP contribution in [0.1, 0.15) is 20.8 Å². The van der Waals surface area contributed by atoms with Crippen molar-refractivity contribution in [1.82, 2.24) is 19.1 Å². The van der Waals surface area contributed by atoms with E-state index in [2.05, 4.69) is 9.97 Å². The van der Waals surface area contributed by atoms with Gasteiger partial charge in [-0.25, -0.2) is 9.97 Å². The van der Waals surface area contributed by atoms with Gasteiger partial charge >= 0.3 is 0 Å². The minimum absolute atomic E-state index is 0.121. The summed E-state index contributed by atoms with van der Waals surface area (Å²) in [6.07, 6.45) is 1.51. The molecule has 0 atom stereocenters. The zero-order valence-corrected chi connectivity index (χ0v) is 9.85. The lowest BCUT2D eigenvalue weighted by Gasteiger charge is -2.21. The van der Waals surface area contributed by atoms with E-state index in [1.165, 1.54) is 6.33 Å². The molecule has 0 aliphatic heterocycles. The summed E-state index contributed by atoms with van der Waals surface area (Å²) in [5.74, 6) is 0. The van der Waals surface area contributed by atoms with E-state index in [-0.39, 0.29) is 11.1 Å². The Kier molecular flexibility index (Phi) is 2.18.